The highest BCUT2D eigenvalue weighted by molar-refractivity contribution is 7.14. The number of piperazine rings is 1. The van der Waals surface area contributed by atoms with Gasteiger partial charge in [-0.3, -0.25) is 4.79 Å². The molecule has 5 heterocycles. The topological polar surface area (TPSA) is 86.3 Å². The quantitative estimate of drug-likeness (QED) is 0.299. The molecule has 0 aliphatic carbocycles. The summed E-state index contributed by atoms with van der Waals surface area (Å²) in [5.74, 6) is 1.46. The van der Waals surface area contributed by atoms with Gasteiger partial charge in [0.25, 0.3) is 0 Å². The lowest BCUT2D eigenvalue weighted by Gasteiger charge is -2.33. The third-order valence-corrected chi connectivity index (χ3v) is 9.07. The normalized spacial score (nSPS) is 15.6. The Morgan fingerprint density at radius 1 is 1.07 bits per heavy atom. The van der Waals surface area contributed by atoms with E-state index in [0.717, 1.165) is 79.5 Å². The number of nitrogens with one attached hydrogen (secondary N) is 2. The zero-order valence-electron chi connectivity index (χ0n) is 23.1. The third kappa shape index (κ3) is 6.06. The molecule has 1 aromatic carbocycles. The maximum atomic E-state index is 12.9. The number of aromatic nitrogens is 3. The number of thiophene rings is 1. The lowest BCUT2D eigenvalue weighted by Crippen LogP contribution is -2.44. The van der Waals surface area contributed by atoms with E-state index in [2.05, 4.69) is 74.7 Å². The molecule has 206 valence electrons. The van der Waals surface area contributed by atoms with Crippen LogP contribution in [0.15, 0.2) is 54.9 Å². The van der Waals surface area contributed by atoms with Crippen LogP contribution in [-0.4, -0.2) is 65.4 Å². The number of fused-ring (bicyclic) bond motifs is 1. The van der Waals surface area contributed by atoms with E-state index in [-0.39, 0.29) is 5.78 Å². The number of pyridine rings is 1. The van der Waals surface area contributed by atoms with Gasteiger partial charge in [-0.2, -0.15) is 0 Å². The monoisotopic (exact) mass is 553 g/mol. The van der Waals surface area contributed by atoms with Crippen molar-refractivity contribution >= 4 is 34.6 Å². The number of rotatable bonds is 8. The molecule has 1 fully saturated rings. The van der Waals surface area contributed by atoms with Gasteiger partial charge in [-0.15, -0.1) is 11.3 Å². The largest absolute Gasteiger partial charge is 0.368 e. The molecule has 0 unspecified atom stereocenters. The zero-order chi connectivity index (χ0) is 27.5. The number of carbonyl (C=O) groups excluding carboxylic acids is 1. The Bertz CT molecular complexity index is 1470. The lowest BCUT2D eigenvalue weighted by molar-refractivity contribution is 0.0986. The predicted octanol–water partition coefficient (Wildman–Crippen LogP) is 4.87. The van der Waals surface area contributed by atoms with Crippen LogP contribution < -0.4 is 15.5 Å². The Balaban J connectivity index is 1.08. The molecule has 0 atom stereocenters. The molecule has 2 aliphatic rings. The summed E-state index contributed by atoms with van der Waals surface area (Å²) in [7, 11) is 2.16. The molecule has 6 rings (SSSR count). The minimum Gasteiger partial charge on any atom is -0.368 e. The molecular formula is C31H35N7OS. The molecule has 0 amide bonds. The number of carbonyl (C=O) groups is 1. The first-order valence-corrected chi connectivity index (χ1v) is 14.8. The van der Waals surface area contributed by atoms with Crippen LogP contribution in [0, 0.1) is 6.92 Å². The summed E-state index contributed by atoms with van der Waals surface area (Å²) in [6.07, 6.45) is 5.96. The van der Waals surface area contributed by atoms with E-state index in [1.807, 2.05) is 18.3 Å². The number of aryl methyl sites for hydroxylation is 2. The average molecular weight is 554 g/mol. The van der Waals surface area contributed by atoms with Gasteiger partial charge in [-0.05, 0) is 73.8 Å². The number of hydrogen-bond donors (Lipinski definition) is 2. The second-order valence-corrected chi connectivity index (χ2v) is 11.8. The van der Waals surface area contributed by atoms with Crippen LogP contribution in [0.1, 0.15) is 37.7 Å². The van der Waals surface area contributed by atoms with Crippen molar-refractivity contribution in [2.24, 2.45) is 0 Å². The number of Topliss-reactive ketones (excluding diaryl/α,β-unsaturated/α-hetero) is 1. The molecule has 9 heteroatoms. The van der Waals surface area contributed by atoms with Crippen molar-refractivity contribution in [3.05, 3.63) is 81.3 Å². The maximum Gasteiger partial charge on any atom is 0.228 e. The number of ketones is 1. The first-order valence-electron chi connectivity index (χ1n) is 14.0. The van der Waals surface area contributed by atoms with Gasteiger partial charge in [-0.1, -0.05) is 12.1 Å². The van der Waals surface area contributed by atoms with E-state index in [1.165, 1.54) is 16.0 Å². The Kier molecular flexibility index (Phi) is 7.86. The van der Waals surface area contributed by atoms with E-state index < -0.39 is 0 Å². The van der Waals surface area contributed by atoms with Crippen molar-refractivity contribution in [3.8, 4) is 11.3 Å². The van der Waals surface area contributed by atoms with Crippen LogP contribution in [0.5, 0.6) is 0 Å². The van der Waals surface area contributed by atoms with Gasteiger partial charge >= 0.3 is 0 Å². The number of nitrogens with zero attached hydrogens (tertiary/aromatic N) is 5. The Morgan fingerprint density at radius 3 is 2.73 bits per heavy atom. The van der Waals surface area contributed by atoms with E-state index in [4.69, 9.17) is 4.98 Å². The molecule has 0 radical (unpaired) electrons. The second kappa shape index (κ2) is 11.8. The Morgan fingerprint density at radius 2 is 1.95 bits per heavy atom. The van der Waals surface area contributed by atoms with Gasteiger partial charge < -0.3 is 20.4 Å². The summed E-state index contributed by atoms with van der Waals surface area (Å²) >= 11 is 1.67. The summed E-state index contributed by atoms with van der Waals surface area (Å²) in [4.78, 5) is 33.6. The molecule has 8 nitrogen and oxygen atoms in total. The first kappa shape index (κ1) is 26.6. The fourth-order valence-corrected chi connectivity index (χ4v) is 6.45. The zero-order valence-corrected chi connectivity index (χ0v) is 23.9. The Hall–Kier alpha value is -3.66. The highest BCUT2D eigenvalue weighted by Gasteiger charge is 2.18. The van der Waals surface area contributed by atoms with E-state index in [1.54, 1.807) is 17.5 Å². The summed E-state index contributed by atoms with van der Waals surface area (Å²) in [6, 6.07) is 14.4. The molecule has 3 aromatic heterocycles. The minimum atomic E-state index is 0.236. The predicted molar refractivity (Wildman–Crippen MR) is 162 cm³/mol. The first-order chi connectivity index (χ1) is 19.5. The summed E-state index contributed by atoms with van der Waals surface area (Å²) < 4.78 is 0. The smallest absolute Gasteiger partial charge is 0.228 e. The van der Waals surface area contributed by atoms with Crippen LogP contribution in [0.25, 0.3) is 11.3 Å². The molecule has 2 N–H and O–H groups in total. The molecule has 2 aliphatic heterocycles. The number of benzene rings is 1. The van der Waals surface area contributed by atoms with Crippen LogP contribution in [0.4, 0.5) is 17.5 Å². The molecular weight excluding hydrogens is 518 g/mol. The van der Waals surface area contributed by atoms with Crippen LogP contribution in [0.3, 0.4) is 0 Å². The molecule has 4 aromatic rings. The standard InChI is InChI=1S/C31H35N7OS/c1-21-17-23(4-3-22(21)5-7-27(39)29-18-24-19-32-11-10-28(24)40-29)26-9-12-33-31(35-26)36-30-8-6-25(20-34-30)38-15-13-37(2)14-16-38/h3-4,6,8-9,12,17-18,20,32H,5,7,10-11,13-16,19H2,1-2H3,(H,33,34,35,36). The summed E-state index contributed by atoms with van der Waals surface area (Å²) in [6.45, 7) is 8.13. The third-order valence-electron chi connectivity index (χ3n) is 7.79. The van der Waals surface area contributed by atoms with Gasteiger partial charge in [0.05, 0.1) is 22.5 Å². The summed E-state index contributed by atoms with van der Waals surface area (Å²) in [5.41, 5.74) is 6.64. The molecule has 0 spiro atoms. The Labute approximate surface area is 239 Å². The van der Waals surface area contributed by atoms with Gasteiger partial charge in [0.2, 0.25) is 5.95 Å². The number of hydrogen-bond acceptors (Lipinski definition) is 9. The van der Waals surface area contributed by atoms with Crippen molar-refractivity contribution in [1.82, 2.24) is 25.2 Å². The van der Waals surface area contributed by atoms with Crippen molar-refractivity contribution in [2.75, 3.05) is 50.0 Å². The van der Waals surface area contributed by atoms with E-state index >= 15 is 0 Å². The van der Waals surface area contributed by atoms with Crippen molar-refractivity contribution in [2.45, 2.75) is 32.7 Å². The van der Waals surface area contributed by atoms with Gasteiger partial charge in [0.15, 0.2) is 5.78 Å². The molecule has 0 bridgehead atoms. The highest BCUT2D eigenvalue weighted by atomic mass is 32.1. The maximum absolute atomic E-state index is 12.9. The average Bonchev–Trinajstić information content (AvgIpc) is 3.42. The minimum absolute atomic E-state index is 0.236. The second-order valence-electron chi connectivity index (χ2n) is 10.6. The lowest BCUT2D eigenvalue weighted by atomic mass is 9.98. The van der Waals surface area contributed by atoms with Gasteiger partial charge in [0.1, 0.15) is 5.82 Å². The molecule has 40 heavy (non-hydrogen) atoms. The summed E-state index contributed by atoms with van der Waals surface area (Å²) in [5, 5.41) is 6.63. The number of likely N-dealkylation sites (N-methyl/N-ethyl adjacent to an activating group) is 1. The van der Waals surface area contributed by atoms with Crippen molar-refractivity contribution in [1.29, 1.82) is 0 Å². The van der Waals surface area contributed by atoms with Crippen LogP contribution >= 0.6 is 11.3 Å². The van der Waals surface area contributed by atoms with Gasteiger partial charge in [0, 0.05) is 62.3 Å². The number of anilines is 3. The fraction of sp³-hybridized carbons (Fsp3) is 0.355. The molecule has 0 saturated carbocycles. The molecule has 1 saturated heterocycles. The van der Waals surface area contributed by atoms with Crippen molar-refractivity contribution < 1.29 is 4.79 Å². The van der Waals surface area contributed by atoms with Crippen LogP contribution in [-0.2, 0) is 19.4 Å². The van der Waals surface area contributed by atoms with Crippen LogP contribution in [0.2, 0.25) is 0 Å². The van der Waals surface area contributed by atoms with E-state index in [0.29, 0.717) is 18.2 Å². The SMILES string of the molecule is Cc1cc(-c2ccnc(Nc3ccc(N4CCN(C)CC4)cn3)n2)ccc1CCC(=O)c1cc2c(s1)CCNC2. The van der Waals surface area contributed by atoms with Crippen molar-refractivity contribution in [3.63, 3.8) is 0 Å². The fourth-order valence-electron chi connectivity index (χ4n) is 5.30. The van der Waals surface area contributed by atoms with Gasteiger partial charge in [-0.25, -0.2) is 15.0 Å². The highest BCUT2D eigenvalue weighted by Crippen LogP contribution is 2.28. The van der Waals surface area contributed by atoms with E-state index in [9.17, 15) is 4.79 Å².